The minimum Gasteiger partial charge on any atom is -0.282 e. The Kier molecular flexibility index (Phi) is 8.30. The van der Waals surface area contributed by atoms with E-state index in [-0.39, 0.29) is 9.79 Å². The zero-order valence-electron chi connectivity index (χ0n) is 19.4. The lowest BCUT2D eigenvalue weighted by Gasteiger charge is -2.12. The number of aryl methyl sites for hydroxylation is 6. The van der Waals surface area contributed by atoms with E-state index >= 15 is 0 Å². The molecule has 0 spiro atoms. The summed E-state index contributed by atoms with van der Waals surface area (Å²) in [6.07, 6.45) is 3.96. The minimum atomic E-state index is -4.27. The average molecular weight is 503 g/mol. The molecule has 0 unspecified atom stereocenters. The number of benzene rings is 3. The lowest BCUT2D eigenvalue weighted by atomic mass is 9.95. The fourth-order valence-electron chi connectivity index (χ4n) is 4.29. The van der Waals surface area contributed by atoms with E-state index in [0.717, 1.165) is 35.1 Å². The van der Waals surface area contributed by atoms with Gasteiger partial charge in [-0.1, -0.05) is 59.7 Å². The summed E-state index contributed by atoms with van der Waals surface area (Å²) in [6, 6.07) is 17.8. The fraction of sp³-hybridized carbons (Fsp3) is 0.308. The Labute approximate surface area is 202 Å². The van der Waals surface area contributed by atoms with Crippen LogP contribution < -0.4 is 0 Å². The Morgan fingerprint density at radius 2 is 0.912 bits per heavy atom. The van der Waals surface area contributed by atoms with Gasteiger partial charge in [-0.3, -0.25) is 9.11 Å². The van der Waals surface area contributed by atoms with Crippen LogP contribution in [0.2, 0.25) is 0 Å². The van der Waals surface area contributed by atoms with E-state index in [9.17, 15) is 25.9 Å². The van der Waals surface area contributed by atoms with Crippen LogP contribution in [0.1, 0.15) is 46.2 Å². The number of rotatable bonds is 10. The lowest BCUT2D eigenvalue weighted by molar-refractivity contribution is 0.479. The Morgan fingerprint density at radius 1 is 0.559 bits per heavy atom. The van der Waals surface area contributed by atoms with E-state index in [1.807, 2.05) is 38.1 Å². The highest BCUT2D eigenvalue weighted by Crippen LogP contribution is 2.23. The van der Waals surface area contributed by atoms with Crippen molar-refractivity contribution in [2.24, 2.45) is 0 Å². The summed E-state index contributed by atoms with van der Waals surface area (Å²) in [6.45, 7) is 3.77. The fourth-order valence-corrected chi connectivity index (χ4v) is 5.76. The Hall–Kier alpha value is -2.52. The van der Waals surface area contributed by atoms with Gasteiger partial charge in [-0.2, -0.15) is 16.8 Å². The van der Waals surface area contributed by atoms with E-state index in [4.69, 9.17) is 0 Å². The van der Waals surface area contributed by atoms with Gasteiger partial charge < -0.3 is 0 Å². The van der Waals surface area contributed by atoms with Gasteiger partial charge in [0.25, 0.3) is 20.2 Å². The Bertz CT molecular complexity index is 1270. The van der Waals surface area contributed by atoms with Gasteiger partial charge in [-0.15, -0.1) is 0 Å². The zero-order chi connectivity index (χ0) is 24.9. The molecule has 2 N–H and O–H groups in total. The summed E-state index contributed by atoms with van der Waals surface area (Å²) in [7, 11) is -8.54. The van der Waals surface area contributed by atoms with E-state index in [1.54, 1.807) is 24.3 Å². The molecule has 0 saturated heterocycles. The third-order valence-corrected chi connectivity index (χ3v) is 7.80. The number of hydrogen-bond donors (Lipinski definition) is 2. The molecule has 0 fully saturated rings. The normalized spacial score (nSPS) is 12.1. The smallest absolute Gasteiger partial charge is 0.282 e. The first-order chi connectivity index (χ1) is 15.9. The molecule has 3 aromatic carbocycles. The quantitative estimate of drug-likeness (QED) is 0.371. The molecule has 182 valence electrons. The van der Waals surface area contributed by atoms with Crippen molar-refractivity contribution in [1.82, 2.24) is 0 Å². The van der Waals surface area contributed by atoms with Gasteiger partial charge >= 0.3 is 0 Å². The van der Waals surface area contributed by atoms with Gasteiger partial charge in [-0.25, -0.2) is 0 Å². The van der Waals surface area contributed by atoms with Crippen molar-refractivity contribution in [1.29, 1.82) is 0 Å². The van der Waals surface area contributed by atoms with Crippen LogP contribution >= 0.6 is 0 Å². The van der Waals surface area contributed by atoms with Crippen LogP contribution in [0.3, 0.4) is 0 Å². The third-order valence-electron chi connectivity index (χ3n) is 5.89. The summed E-state index contributed by atoms with van der Waals surface area (Å²) in [5, 5.41) is 0. The van der Waals surface area contributed by atoms with E-state index < -0.39 is 20.2 Å². The van der Waals surface area contributed by atoms with E-state index in [2.05, 4.69) is 0 Å². The molecular weight excluding hydrogens is 472 g/mol. The molecule has 0 aliphatic rings. The third kappa shape index (κ3) is 6.99. The second-order valence-corrected chi connectivity index (χ2v) is 11.4. The molecule has 0 amide bonds. The van der Waals surface area contributed by atoms with Crippen molar-refractivity contribution in [3.05, 3.63) is 94.0 Å². The molecule has 3 aromatic rings. The first-order valence-corrected chi connectivity index (χ1v) is 14.0. The molecule has 0 bridgehead atoms. The zero-order valence-corrected chi connectivity index (χ0v) is 21.0. The maximum absolute atomic E-state index is 11.7. The molecule has 3 rings (SSSR count). The molecule has 0 aromatic heterocycles. The summed E-state index contributed by atoms with van der Waals surface area (Å²) in [5.74, 6) is 0. The van der Waals surface area contributed by atoms with Crippen molar-refractivity contribution < 1.29 is 25.9 Å². The highest BCUT2D eigenvalue weighted by Gasteiger charge is 2.16. The molecule has 0 radical (unpaired) electrons. The van der Waals surface area contributed by atoms with Crippen LogP contribution in [0.4, 0.5) is 0 Å². The summed E-state index contributed by atoms with van der Waals surface area (Å²) in [5.41, 5.74) is 5.39. The Morgan fingerprint density at radius 3 is 1.26 bits per heavy atom. The highest BCUT2D eigenvalue weighted by molar-refractivity contribution is 7.86. The predicted molar refractivity (Wildman–Crippen MR) is 132 cm³/mol. The SMILES string of the molecule is Cc1ccc(S(=O)(=O)O)c(CCCc2ccccc2CCCc2cc(C)ccc2S(=O)(=O)O)c1. The summed E-state index contributed by atoms with van der Waals surface area (Å²) < 4.78 is 65.8. The minimum absolute atomic E-state index is 0.0424. The van der Waals surface area contributed by atoms with E-state index in [0.29, 0.717) is 36.8 Å². The maximum Gasteiger partial charge on any atom is 0.294 e. The van der Waals surface area contributed by atoms with E-state index in [1.165, 1.54) is 12.1 Å². The van der Waals surface area contributed by atoms with Crippen LogP contribution in [-0.4, -0.2) is 25.9 Å². The molecule has 0 saturated carbocycles. The van der Waals surface area contributed by atoms with Crippen molar-refractivity contribution in [2.75, 3.05) is 0 Å². The largest absolute Gasteiger partial charge is 0.294 e. The van der Waals surface area contributed by atoms with Crippen molar-refractivity contribution >= 4 is 20.2 Å². The second kappa shape index (κ2) is 10.8. The standard InChI is InChI=1S/C26H30O6S2/c1-19-13-15-25(33(27,28)29)23(17-19)11-5-9-21-7-3-4-8-22(21)10-6-12-24-18-20(2)14-16-26(24)34(30,31)32/h3-4,7-8,13-18H,5-6,9-12H2,1-2H3,(H,27,28,29)(H,30,31,32). The van der Waals surface area contributed by atoms with Gasteiger partial charge in [-0.05, 0) is 86.8 Å². The van der Waals surface area contributed by atoms with Crippen molar-refractivity contribution in [2.45, 2.75) is 62.2 Å². The van der Waals surface area contributed by atoms with Crippen molar-refractivity contribution in [3.63, 3.8) is 0 Å². The van der Waals surface area contributed by atoms with Crippen LogP contribution in [0, 0.1) is 13.8 Å². The summed E-state index contributed by atoms with van der Waals surface area (Å²) >= 11 is 0. The topological polar surface area (TPSA) is 109 Å². The van der Waals surface area contributed by atoms with Crippen LogP contribution in [0.15, 0.2) is 70.5 Å². The Balaban J connectivity index is 1.67. The first kappa shape index (κ1) is 26.1. The molecule has 34 heavy (non-hydrogen) atoms. The van der Waals surface area contributed by atoms with Crippen LogP contribution in [-0.2, 0) is 45.9 Å². The molecule has 0 atom stereocenters. The van der Waals surface area contributed by atoms with Gasteiger partial charge in [0.1, 0.15) is 0 Å². The van der Waals surface area contributed by atoms with Gasteiger partial charge in [0, 0.05) is 0 Å². The molecule has 0 heterocycles. The molecule has 0 aliphatic heterocycles. The molecule has 6 nitrogen and oxygen atoms in total. The predicted octanol–water partition coefficient (Wildman–Crippen LogP) is 5.15. The van der Waals surface area contributed by atoms with Crippen LogP contribution in [0.25, 0.3) is 0 Å². The molecule has 0 aliphatic carbocycles. The van der Waals surface area contributed by atoms with Crippen LogP contribution in [0.5, 0.6) is 0 Å². The van der Waals surface area contributed by atoms with Gasteiger partial charge in [0.15, 0.2) is 0 Å². The highest BCUT2D eigenvalue weighted by atomic mass is 32.2. The lowest BCUT2D eigenvalue weighted by Crippen LogP contribution is -2.05. The van der Waals surface area contributed by atoms with Crippen molar-refractivity contribution in [3.8, 4) is 0 Å². The molecule has 8 heteroatoms. The van der Waals surface area contributed by atoms with Gasteiger partial charge in [0.05, 0.1) is 9.79 Å². The summed E-state index contributed by atoms with van der Waals surface area (Å²) in [4.78, 5) is -0.0849. The molecular formula is C26H30O6S2. The van der Waals surface area contributed by atoms with Gasteiger partial charge in [0.2, 0.25) is 0 Å². The number of hydrogen-bond acceptors (Lipinski definition) is 4. The monoisotopic (exact) mass is 502 g/mol. The average Bonchev–Trinajstić information content (AvgIpc) is 2.73. The maximum atomic E-state index is 11.7. The first-order valence-electron chi connectivity index (χ1n) is 11.2. The second-order valence-electron chi connectivity index (χ2n) is 8.65.